The Bertz CT molecular complexity index is 691. The molecule has 0 radical (unpaired) electrons. The van der Waals surface area contributed by atoms with E-state index in [2.05, 4.69) is 5.32 Å². The average Bonchev–Trinajstić information content (AvgIpc) is 3.39. The summed E-state index contributed by atoms with van der Waals surface area (Å²) in [6, 6.07) is 16.7. The molecule has 0 unspecified atom stereocenters. The SMILES string of the molecule is NC(=O)[C@H](CC1CC1)NC(=O)c1ccc(-c2ccccc2)cc1. The van der Waals surface area contributed by atoms with Gasteiger partial charge >= 0.3 is 0 Å². The van der Waals surface area contributed by atoms with Gasteiger partial charge < -0.3 is 11.1 Å². The lowest BCUT2D eigenvalue weighted by molar-refractivity contribution is -0.120. The molecule has 3 N–H and O–H groups in total. The normalized spacial score (nSPS) is 15.0. The number of nitrogens with two attached hydrogens (primary N) is 1. The summed E-state index contributed by atoms with van der Waals surface area (Å²) in [7, 11) is 0. The number of hydrogen-bond donors (Lipinski definition) is 2. The number of carbonyl (C=O) groups is 2. The van der Waals surface area contributed by atoms with Crippen molar-refractivity contribution >= 4 is 11.8 Å². The Morgan fingerprint density at radius 2 is 1.61 bits per heavy atom. The Kier molecular flexibility index (Phi) is 4.42. The number of carbonyl (C=O) groups excluding carboxylic acids is 2. The first-order valence-corrected chi connectivity index (χ1v) is 7.89. The van der Waals surface area contributed by atoms with E-state index in [1.54, 1.807) is 12.1 Å². The molecule has 4 nitrogen and oxygen atoms in total. The van der Waals surface area contributed by atoms with Crippen molar-refractivity contribution in [1.82, 2.24) is 5.32 Å². The molecule has 4 heteroatoms. The van der Waals surface area contributed by atoms with E-state index in [4.69, 9.17) is 5.73 Å². The lowest BCUT2D eigenvalue weighted by Gasteiger charge is -2.15. The molecule has 0 saturated heterocycles. The molecule has 2 aromatic rings. The first-order valence-electron chi connectivity index (χ1n) is 7.89. The van der Waals surface area contributed by atoms with Crippen molar-refractivity contribution in [2.24, 2.45) is 11.7 Å². The Morgan fingerprint density at radius 1 is 1.00 bits per heavy atom. The quantitative estimate of drug-likeness (QED) is 0.861. The molecule has 0 bridgehead atoms. The van der Waals surface area contributed by atoms with Crippen LogP contribution >= 0.6 is 0 Å². The molecule has 0 heterocycles. The van der Waals surface area contributed by atoms with E-state index >= 15 is 0 Å². The second-order valence-corrected chi connectivity index (χ2v) is 6.05. The van der Waals surface area contributed by atoms with Crippen molar-refractivity contribution < 1.29 is 9.59 Å². The molecule has 23 heavy (non-hydrogen) atoms. The third-order valence-electron chi connectivity index (χ3n) is 4.17. The summed E-state index contributed by atoms with van der Waals surface area (Å²) < 4.78 is 0. The van der Waals surface area contributed by atoms with Gasteiger partial charge in [-0.1, -0.05) is 55.3 Å². The smallest absolute Gasteiger partial charge is 0.251 e. The lowest BCUT2D eigenvalue weighted by Crippen LogP contribution is -2.44. The highest BCUT2D eigenvalue weighted by molar-refractivity contribution is 5.97. The van der Waals surface area contributed by atoms with Crippen LogP contribution in [0.15, 0.2) is 54.6 Å². The van der Waals surface area contributed by atoms with Gasteiger partial charge in [0, 0.05) is 5.56 Å². The second-order valence-electron chi connectivity index (χ2n) is 6.05. The standard InChI is InChI=1S/C19H20N2O2/c20-18(22)17(12-13-6-7-13)21-19(23)16-10-8-15(9-11-16)14-4-2-1-3-5-14/h1-5,8-11,13,17H,6-7,12H2,(H2,20,22)(H,21,23)/t17-/m0/s1. The highest BCUT2D eigenvalue weighted by atomic mass is 16.2. The first kappa shape index (κ1) is 15.3. The minimum Gasteiger partial charge on any atom is -0.368 e. The zero-order valence-corrected chi connectivity index (χ0v) is 12.9. The predicted octanol–water partition coefficient (Wildman–Crippen LogP) is 2.74. The van der Waals surface area contributed by atoms with E-state index in [0.717, 1.165) is 24.0 Å². The zero-order chi connectivity index (χ0) is 16.2. The number of hydrogen-bond acceptors (Lipinski definition) is 2. The van der Waals surface area contributed by atoms with Crippen LogP contribution in [0, 0.1) is 5.92 Å². The minimum atomic E-state index is -0.580. The summed E-state index contributed by atoms with van der Waals surface area (Å²) in [6.45, 7) is 0. The highest BCUT2D eigenvalue weighted by Gasteiger charge is 2.29. The van der Waals surface area contributed by atoms with Crippen molar-refractivity contribution in [2.75, 3.05) is 0 Å². The van der Waals surface area contributed by atoms with Crippen molar-refractivity contribution in [3.63, 3.8) is 0 Å². The molecule has 2 aromatic carbocycles. The van der Waals surface area contributed by atoms with Gasteiger partial charge in [-0.25, -0.2) is 0 Å². The Balaban J connectivity index is 1.68. The third-order valence-corrected chi connectivity index (χ3v) is 4.17. The van der Waals surface area contributed by atoms with Crippen LogP contribution in [0.5, 0.6) is 0 Å². The number of benzene rings is 2. The summed E-state index contributed by atoms with van der Waals surface area (Å²) in [4.78, 5) is 23.8. The van der Waals surface area contributed by atoms with Gasteiger partial charge in [-0.15, -0.1) is 0 Å². The van der Waals surface area contributed by atoms with Gasteiger partial charge in [0.1, 0.15) is 6.04 Å². The number of nitrogens with one attached hydrogen (secondary N) is 1. The maximum Gasteiger partial charge on any atom is 0.251 e. The van der Waals surface area contributed by atoms with E-state index in [-0.39, 0.29) is 5.91 Å². The van der Waals surface area contributed by atoms with Crippen LogP contribution in [0.2, 0.25) is 0 Å². The van der Waals surface area contributed by atoms with E-state index in [1.807, 2.05) is 42.5 Å². The van der Waals surface area contributed by atoms with Gasteiger partial charge in [-0.3, -0.25) is 9.59 Å². The molecular weight excluding hydrogens is 288 g/mol. The van der Waals surface area contributed by atoms with Gasteiger partial charge in [0.25, 0.3) is 5.91 Å². The van der Waals surface area contributed by atoms with E-state index in [0.29, 0.717) is 17.9 Å². The lowest BCUT2D eigenvalue weighted by atomic mass is 10.0. The maximum absolute atomic E-state index is 12.3. The summed E-state index contributed by atoms with van der Waals surface area (Å²) >= 11 is 0. The van der Waals surface area contributed by atoms with Crippen LogP contribution in [0.1, 0.15) is 29.6 Å². The predicted molar refractivity (Wildman–Crippen MR) is 89.7 cm³/mol. The van der Waals surface area contributed by atoms with Gasteiger partial charge in [0.15, 0.2) is 0 Å². The molecule has 0 aliphatic heterocycles. The Hall–Kier alpha value is -2.62. The fraction of sp³-hybridized carbons (Fsp3) is 0.263. The fourth-order valence-corrected chi connectivity index (χ4v) is 2.62. The number of amides is 2. The van der Waals surface area contributed by atoms with Crippen molar-refractivity contribution in [2.45, 2.75) is 25.3 Å². The second kappa shape index (κ2) is 6.65. The molecule has 1 atom stereocenters. The monoisotopic (exact) mass is 308 g/mol. The summed E-state index contributed by atoms with van der Waals surface area (Å²) in [5.41, 5.74) is 8.07. The van der Waals surface area contributed by atoms with Crippen LogP contribution in [0.25, 0.3) is 11.1 Å². The van der Waals surface area contributed by atoms with Gasteiger partial charge in [0.2, 0.25) is 5.91 Å². The molecule has 3 rings (SSSR count). The Morgan fingerprint density at radius 3 is 2.17 bits per heavy atom. The minimum absolute atomic E-state index is 0.255. The van der Waals surface area contributed by atoms with Crippen LogP contribution < -0.4 is 11.1 Å². The van der Waals surface area contributed by atoms with Gasteiger partial charge in [-0.2, -0.15) is 0 Å². The molecule has 1 aliphatic rings. The first-order chi connectivity index (χ1) is 11.1. The Labute approximate surface area is 135 Å². The van der Waals surface area contributed by atoms with Gasteiger partial charge in [0.05, 0.1) is 0 Å². The number of rotatable bonds is 6. The summed E-state index contributed by atoms with van der Waals surface area (Å²) in [6.07, 6.45) is 2.88. The van der Waals surface area contributed by atoms with E-state index in [1.165, 1.54) is 0 Å². The molecule has 0 aromatic heterocycles. The molecule has 1 saturated carbocycles. The van der Waals surface area contributed by atoms with Crippen molar-refractivity contribution in [3.05, 3.63) is 60.2 Å². The summed E-state index contributed by atoms with van der Waals surface area (Å²) in [5.74, 6) is -0.200. The third kappa shape index (κ3) is 3.97. The van der Waals surface area contributed by atoms with E-state index < -0.39 is 11.9 Å². The van der Waals surface area contributed by atoms with Crippen molar-refractivity contribution in [1.29, 1.82) is 0 Å². The maximum atomic E-state index is 12.3. The topological polar surface area (TPSA) is 72.2 Å². The molecule has 118 valence electrons. The van der Waals surface area contributed by atoms with Crippen molar-refractivity contribution in [3.8, 4) is 11.1 Å². The molecule has 0 spiro atoms. The van der Waals surface area contributed by atoms with Crippen LogP contribution in [-0.2, 0) is 4.79 Å². The molecule has 1 fully saturated rings. The van der Waals surface area contributed by atoms with Crippen LogP contribution in [0.4, 0.5) is 0 Å². The largest absolute Gasteiger partial charge is 0.368 e. The molecular formula is C19H20N2O2. The van der Waals surface area contributed by atoms with Crippen LogP contribution in [0.3, 0.4) is 0 Å². The average molecular weight is 308 g/mol. The highest BCUT2D eigenvalue weighted by Crippen LogP contribution is 2.33. The number of primary amides is 1. The fourth-order valence-electron chi connectivity index (χ4n) is 2.62. The van der Waals surface area contributed by atoms with Gasteiger partial charge in [-0.05, 0) is 35.6 Å². The molecule has 1 aliphatic carbocycles. The van der Waals surface area contributed by atoms with Crippen LogP contribution in [-0.4, -0.2) is 17.9 Å². The molecule has 2 amide bonds. The summed E-state index contributed by atoms with van der Waals surface area (Å²) in [5, 5.41) is 2.75. The van der Waals surface area contributed by atoms with E-state index in [9.17, 15) is 9.59 Å². The zero-order valence-electron chi connectivity index (χ0n) is 12.9.